The Bertz CT molecular complexity index is 697. The fraction of sp³-hybridized carbons (Fsp3) is 0.667. The molecule has 0 aromatic carbocycles. The third-order valence-electron chi connectivity index (χ3n) is 4.64. The Balaban J connectivity index is 1.76. The van der Waals surface area contributed by atoms with Crippen molar-refractivity contribution in [3.8, 4) is 0 Å². The van der Waals surface area contributed by atoms with E-state index in [2.05, 4.69) is 0 Å². The van der Waals surface area contributed by atoms with Gasteiger partial charge in [0.2, 0.25) is 0 Å². The van der Waals surface area contributed by atoms with Gasteiger partial charge in [-0.25, -0.2) is 8.42 Å². The van der Waals surface area contributed by atoms with Gasteiger partial charge in [0.1, 0.15) is 4.21 Å². The van der Waals surface area contributed by atoms with Crippen molar-refractivity contribution in [2.45, 2.75) is 23.6 Å². The fourth-order valence-corrected chi connectivity index (χ4v) is 5.95. The number of hydrogen-bond donors (Lipinski definition) is 1. The number of carbonyl (C=O) groups is 1. The Morgan fingerprint density at radius 2 is 2.12 bits per heavy atom. The molecule has 1 aromatic heterocycles. The highest BCUT2D eigenvalue weighted by molar-refractivity contribution is 7.91. The van der Waals surface area contributed by atoms with Crippen molar-refractivity contribution in [2.75, 3.05) is 39.4 Å². The molecule has 0 bridgehead atoms. The van der Waals surface area contributed by atoms with Gasteiger partial charge in [0.15, 0.2) is 0 Å². The largest absolute Gasteiger partial charge is 0.379 e. The van der Waals surface area contributed by atoms with Crippen LogP contribution in [-0.4, -0.2) is 69.0 Å². The molecule has 0 radical (unpaired) electrons. The number of carbonyl (C=O) groups excluding carboxylic acids is 1. The van der Waals surface area contributed by atoms with Crippen LogP contribution >= 0.6 is 11.3 Å². The number of sulfonamides is 1. The van der Waals surface area contributed by atoms with Crippen molar-refractivity contribution >= 4 is 27.3 Å². The Hall–Kier alpha value is -1.00. The summed E-state index contributed by atoms with van der Waals surface area (Å²) in [4.78, 5) is 14.5. The molecule has 24 heavy (non-hydrogen) atoms. The van der Waals surface area contributed by atoms with E-state index in [0.29, 0.717) is 50.9 Å². The third-order valence-corrected chi connectivity index (χ3v) is 7.96. The zero-order chi connectivity index (χ0) is 17.3. The van der Waals surface area contributed by atoms with Gasteiger partial charge in [-0.2, -0.15) is 4.31 Å². The van der Waals surface area contributed by atoms with Crippen LogP contribution in [0.3, 0.4) is 0 Å². The molecule has 1 amide bonds. The molecule has 2 atom stereocenters. The smallest absolute Gasteiger partial charge is 0.254 e. The van der Waals surface area contributed by atoms with E-state index in [4.69, 9.17) is 10.5 Å². The second-order valence-corrected chi connectivity index (χ2v) is 9.39. The van der Waals surface area contributed by atoms with E-state index in [9.17, 15) is 13.2 Å². The number of hydrogen-bond acceptors (Lipinski definition) is 6. The van der Waals surface area contributed by atoms with Gasteiger partial charge in [0.05, 0.1) is 18.8 Å². The zero-order valence-electron chi connectivity index (χ0n) is 13.7. The van der Waals surface area contributed by atoms with Crippen molar-refractivity contribution in [3.63, 3.8) is 0 Å². The normalized spacial score (nSPS) is 26.0. The second-order valence-electron chi connectivity index (χ2n) is 6.31. The van der Waals surface area contributed by atoms with Gasteiger partial charge in [-0.3, -0.25) is 4.79 Å². The quantitative estimate of drug-likeness (QED) is 0.833. The second kappa shape index (κ2) is 7.09. The third kappa shape index (κ3) is 3.36. The average molecular weight is 374 g/mol. The molecule has 2 unspecified atom stereocenters. The van der Waals surface area contributed by atoms with E-state index in [1.54, 1.807) is 10.3 Å². The molecular formula is C15H23N3O4S2. The highest BCUT2D eigenvalue weighted by Crippen LogP contribution is 2.28. The van der Waals surface area contributed by atoms with Gasteiger partial charge < -0.3 is 15.4 Å². The number of ether oxygens (including phenoxy) is 1. The summed E-state index contributed by atoms with van der Waals surface area (Å²) in [5.74, 6) is 0.206. The molecule has 2 fully saturated rings. The number of amides is 1. The maximum Gasteiger partial charge on any atom is 0.254 e. The van der Waals surface area contributed by atoms with Crippen LogP contribution < -0.4 is 5.73 Å². The number of likely N-dealkylation sites (tertiary alicyclic amines) is 1. The van der Waals surface area contributed by atoms with E-state index in [1.165, 1.54) is 10.4 Å². The molecule has 0 aliphatic carbocycles. The molecule has 0 spiro atoms. The highest BCUT2D eigenvalue weighted by Gasteiger charge is 2.34. The Morgan fingerprint density at radius 3 is 2.75 bits per heavy atom. The van der Waals surface area contributed by atoms with Crippen molar-refractivity contribution in [3.05, 3.63) is 17.0 Å². The Morgan fingerprint density at radius 1 is 1.42 bits per heavy atom. The summed E-state index contributed by atoms with van der Waals surface area (Å²) < 4.78 is 32.1. The molecule has 3 heterocycles. The van der Waals surface area contributed by atoms with Crippen LogP contribution in [0.5, 0.6) is 0 Å². The van der Waals surface area contributed by atoms with Crippen molar-refractivity contribution in [2.24, 2.45) is 11.7 Å². The molecule has 2 aliphatic heterocycles. The molecule has 2 N–H and O–H groups in total. The van der Waals surface area contributed by atoms with Gasteiger partial charge in [-0.1, -0.05) is 0 Å². The molecule has 1 aromatic rings. The van der Waals surface area contributed by atoms with E-state index >= 15 is 0 Å². The van der Waals surface area contributed by atoms with Crippen LogP contribution in [0.15, 0.2) is 15.7 Å². The summed E-state index contributed by atoms with van der Waals surface area (Å²) in [6.45, 7) is 4.72. The minimum Gasteiger partial charge on any atom is -0.379 e. The molecule has 7 nitrogen and oxygen atoms in total. The minimum absolute atomic E-state index is 0.113. The maximum absolute atomic E-state index is 12.7. The SMILES string of the molecule is CC1CC(CN)CN1C(=O)c1csc(S(=O)(=O)N2CCOCC2)c1. The van der Waals surface area contributed by atoms with Crippen LogP contribution in [-0.2, 0) is 14.8 Å². The summed E-state index contributed by atoms with van der Waals surface area (Å²) in [5.41, 5.74) is 6.15. The van der Waals surface area contributed by atoms with Crippen LogP contribution in [0.2, 0.25) is 0 Å². The van der Waals surface area contributed by atoms with Gasteiger partial charge in [0, 0.05) is 31.1 Å². The summed E-state index contributed by atoms with van der Waals surface area (Å²) in [7, 11) is -3.55. The molecule has 0 saturated carbocycles. The maximum atomic E-state index is 12.7. The lowest BCUT2D eigenvalue weighted by atomic mass is 10.1. The topological polar surface area (TPSA) is 92.9 Å². The van der Waals surface area contributed by atoms with Crippen molar-refractivity contribution < 1.29 is 17.9 Å². The van der Waals surface area contributed by atoms with E-state index in [-0.39, 0.29) is 16.2 Å². The van der Waals surface area contributed by atoms with Crippen molar-refractivity contribution in [1.82, 2.24) is 9.21 Å². The van der Waals surface area contributed by atoms with Crippen LogP contribution in [0, 0.1) is 5.92 Å². The molecule has 3 rings (SSSR count). The number of nitrogens with two attached hydrogens (primary N) is 1. The summed E-state index contributed by atoms with van der Waals surface area (Å²) >= 11 is 1.10. The van der Waals surface area contributed by atoms with Crippen LogP contribution in [0.4, 0.5) is 0 Å². The molecule has 134 valence electrons. The lowest BCUT2D eigenvalue weighted by molar-refractivity contribution is 0.0730. The lowest BCUT2D eigenvalue weighted by Crippen LogP contribution is -2.40. The predicted octanol–water partition coefficient (Wildman–Crippen LogP) is 0.578. The monoisotopic (exact) mass is 373 g/mol. The number of rotatable bonds is 4. The standard InChI is InChI=1S/C15H23N3O4S2/c1-11-6-12(8-16)9-18(11)15(19)13-7-14(23-10-13)24(20,21)17-2-4-22-5-3-17/h7,10-12H,2-6,8-9,16H2,1H3. The first-order valence-electron chi connectivity index (χ1n) is 8.11. The summed E-state index contributed by atoms with van der Waals surface area (Å²) in [5, 5.41) is 1.64. The first-order chi connectivity index (χ1) is 11.4. The summed E-state index contributed by atoms with van der Waals surface area (Å²) in [6.07, 6.45) is 0.894. The van der Waals surface area contributed by atoms with Crippen molar-refractivity contribution in [1.29, 1.82) is 0 Å². The zero-order valence-corrected chi connectivity index (χ0v) is 15.3. The van der Waals surface area contributed by atoms with Gasteiger partial charge >= 0.3 is 0 Å². The lowest BCUT2D eigenvalue weighted by Gasteiger charge is -2.25. The predicted molar refractivity (Wildman–Crippen MR) is 91.6 cm³/mol. The van der Waals surface area contributed by atoms with Crippen LogP contribution in [0.1, 0.15) is 23.7 Å². The highest BCUT2D eigenvalue weighted by atomic mass is 32.2. The minimum atomic E-state index is -3.55. The fourth-order valence-electron chi connectivity index (χ4n) is 3.24. The van der Waals surface area contributed by atoms with E-state index in [0.717, 1.165) is 17.8 Å². The molecule has 2 aliphatic rings. The van der Waals surface area contributed by atoms with Gasteiger partial charge in [-0.05, 0) is 31.9 Å². The van der Waals surface area contributed by atoms with Gasteiger partial charge in [-0.15, -0.1) is 11.3 Å². The number of morpholine rings is 1. The molecular weight excluding hydrogens is 350 g/mol. The molecule has 2 saturated heterocycles. The Kier molecular flexibility index (Phi) is 5.26. The van der Waals surface area contributed by atoms with E-state index < -0.39 is 10.0 Å². The average Bonchev–Trinajstić information content (AvgIpc) is 3.22. The van der Waals surface area contributed by atoms with Crippen LogP contribution in [0.25, 0.3) is 0 Å². The molecule has 9 heteroatoms. The first-order valence-corrected chi connectivity index (χ1v) is 10.4. The van der Waals surface area contributed by atoms with Gasteiger partial charge in [0.25, 0.3) is 15.9 Å². The summed E-state index contributed by atoms with van der Waals surface area (Å²) in [6, 6.07) is 1.63. The first kappa shape index (κ1) is 17.8. The van der Waals surface area contributed by atoms with E-state index in [1.807, 2.05) is 6.92 Å². The Labute approximate surface area is 146 Å². The number of nitrogens with zero attached hydrogens (tertiary/aromatic N) is 2. The number of thiophene rings is 1.